The molecule has 108 valence electrons. The third-order valence-corrected chi connectivity index (χ3v) is 3.46. The van der Waals surface area contributed by atoms with Gasteiger partial charge in [-0.05, 0) is 45.2 Å². The lowest BCUT2D eigenvalue weighted by molar-refractivity contribution is -0.138. The third kappa shape index (κ3) is 3.35. The van der Waals surface area contributed by atoms with E-state index in [4.69, 9.17) is 4.74 Å². The van der Waals surface area contributed by atoms with Gasteiger partial charge in [-0.15, -0.1) is 0 Å². The van der Waals surface area contributed by atoms with E-state index in [2.05, 4.69) is 4.98 Å². The maximum absolute atomic E-state index is 12.3. The number of aldehydes is 1. The van der Waals surface area contributed by atoms with Crippen LogP contribution in [0.25, 0.3) is 0 Å². The van der Waals surface area contributed by atoms with E-state index in [0.717, 1.165) is 31.6 Å². The molecule has 1 atom stereocenters. The van der Waals surface area contributed by atoms with Crippen LogP contribution < -0.4 is 4.74 Å². The Morgan fingerprint density at radius 2 is 2.05 bits per heavy atom. The molecule has 1 aliphatic heterocycles. The Balaban J connectivity index is 2.05. The maximum Gasteiger partial charge on any atom is 0.263 e. The number of nitrogens with zero attached hydrogens (tertiary/aromatic N) is 2. The molecule has 0 spiro atoms. The van der Waals surface area contributed by atoms with E-state index in [-0.39, 0.29) is 11.6 Å². The molecule has 1 aliphatic rings. The predicted octanol–water partition coefficient (Wildman–Crippen LogP) is 1.98. The van der Waals surface area contributed by atoms with Crippen molar-refractivity contribution >= 4 is 12.2 Å². The minimum absolute atomic E-state index is 0.0258. The number of likely N-dealkylation sites (tertiary alicyclic amines) is 1. The summed E-state index contributed by atoms with van der Waals surface area (Å²) in [5, 5.41) is 0. The monoisotopic (exact) mass is 276 g/mol. The number of pyridine rings is 1. The fraction of sp³-hybridized carbons (Fsp3) is 0.533. The van der Waals surface area contributed by atoms with Crippen molar-refractivity contribution in [1.82, 2.24) is 9.88 Å². The first-order valence-corrected chi connectivity index (χ1v) is 7.00. The summed E-state index contributed by atoms with van der Waals surface area (Å²) in [7, 11) is 0. The van der Waals surface area contributed by atoms with Crippen molar-refractivity contribution in [2.75, 3.05) is 13.1 Å². The van der Waals surface area contributed by atoms with Crippen molar-refractivity contribution in [1.29, 1.82) is 0 Å². The second-order valence-electron chi connectivity index (χ2n) is 5.10. The van der Waals surface area contributed by atoms with Crippen molar-refractivity contribution in [2.45, 2.75) is 39.2 Å². The Morgan fingerprint density at radius 3 is 2.70 bits per heavy atom. The number of carbonyl (C=O) groups excluding carboxylic acids is 2. The molecule has 1 aromatic heterocycles. The van der Waals surface area contributed by atoms with E-state index in [1.54, 1.807) is 26.0 Å². The van der Waals surface area contributed by atoms with Gasteiger partial charge in [-0.1, -0.05) is 0 Å². The molecule has 2 rings (SSSR count). The van der Waals surface area contributed by atoms with E-state index < -0.39 is 6.10 Å². The summed E-state index contributed by atoms with van der Waals surface area (Å²) >= 11 is 0. The SMILES string of the molecule is Cc1ccc(OC(C)C(=O)N2CCCCC2)c(C=O)n1. The molecular formula is C15H20N2O3. The lowest BCUT2D eigenvalue weighted by Gasteiger charge is -2.29. The first kappa shape index (κ1) is 14.5. The highest BCUT2D eigenvalue weighted by Crippen LogP contribution is 2.18. The Morgan fingerprint density at radius 1 is 1.35 bits per heavy atom. The number of aryl methyl sites for hydroxylation is 1. The van der Waals surface area contributed by atoms with Crippen LogP contribution in [-0.4, -0.2) is 41.3 Å². The average Bonchev–Trinajstić information content (AvgIpc) is 2.49. The summed E-state index contributed by atoms with van der Waals surface area (Å²) in [5.41, 5.74) is 0.984. The standard InChI is InChI=1S/C15H20N2O3/c1-11-6-7-14(13(10-18)16-11)20-12(2)15(19)17-8-4-3-5-9-17/h6-7,10,12H,3-5,8-9H2,1-2H3. The molecule has 0 bridgehead atoms. The molecule has 1 aromatic rings. The Labute approximate surface area is 118 Å². The van der Waals surface area contributed by atoms with Crippen LogP contribution in [-0.2, 0) is 4.79 Å². The van der Waals surface area contributed by atoms with Gasteiger partial charge < -0.3 is 9.64 Å². The number of hydrogen-bond acceptors (Lipinski definition) is 4. The van der Waals surface area contributed by atoms with Gasteiger partial charge in [0.05, 0.1) is 0 Å². The number of aromatic nitrogens is 1. The Hall–Kier alpha value is -1.91. The zero-order chi connectivity index (χ0) is 14.5. The smallest absolute Gasteiger partial charge is 0.263 e. The summed E-state index contributed by atoms with van der Waals surface area (Å²) in [6.45, 7) is 5.10. The largest absolute Gasteiger partial charge is 0.478 e. The van der Waals surface area contributed by atoms with Gasteiger partial charge >= 0.3 is 0 Å². The van der Waals surface area contributed by atoms with E-state index in [0.29, 0.717) is 12.0 Å². The molecule has 0 saturated carbocycles. The first-order valence-electron chi connectivity index (χ1n) is 7.00. The normalized spacial score (nSPS) is 16.6. The van der Waals surface area contributed by atoms with E-state index in [9.17, 15) is 9.59 Å². The number of hydrogen-bond donors (Lipinski definition) is 0. The summed E-state index contributed by atoms with van der Waals surface area (Å²) < 4.78 is 5.62. The molecule has 0 N–H and O–H groups in total. The second-order valence-corrected chi connectivity index (χ2v) is 5.10. The number of amides is 1. The van der Waals surface area contributed by atoms with Crippen LogP contribution in [0.1, 0.15) is 42.4 Å². The highest BCUT2D eigenvalue weighted by Gasteiger charge is 2.24. The van der Waals surface area contributed by atoms with Gasteiger partial charge in [0.15, 0.2) is 12.4 Å². The molecule has 1 amide bonds. The van der Waals surface area contributed by atoms with Crippen molar-refractivity contribution in [3.63, 3.8) is 0 Å². The van der Waals surface area contributed by atoms with Crippen molar-refractivity contribution in [2.24, 2.45) is 0 Å². The number of ether oxygens (including phenoxy) is 1. The van der Waals surface area contributed by atoms with Crippen LogP contribution in [0.5, 0.6) is 5.75 Å². The molecular weight excluding hydrogens is 256 g/mol. The van der Waals surface area contributed by atoms with Crippen LogP contribution in [0.2, 0.25) is 0 Å². The van der Waals surface area contributed by atoms with E-state index in [1.807, 2.05) is 4.90 Å². The first-order chi connectivity index (χ1) is 9.61. The molecule has 5 nitrogen and oxygen atoms in total. The molecule has 0 radical (unpaired) electrons. The summed E-state index contributed by atoms with van der Waals surface area (Å²) in [6.07, 6.45) is 3.32. The van der Waals surface area contributed by atoms with Gasteiger partial charge in [-0.25, -0.2) is 4.98 Å². The zero-order valence-electron chi connectivity index (χ0n) is 12.0. The van der Waals surface area contributed by atoms with Crippen LogP contribution >= 0.6 is 0 Å². The average molecular weight is 276 g/mol. The van der Waals surface area contributed by atoms with Crippen LogP contribution in [0.4, 0.5) is 0 Å². The highest BCUT2D eigenvalue weighted by molar-refractivity contribution is 5.82. The molecule has 0 aliphatic carbocycles. The van der Waals surface area contributed by atoms with Crippen molar-refractivity contribution < 1.29 is 14.3 Å². The van der Waals surface area contributed by atoms with Gasteiger partial charge in [0.2, 0.25) is 0 Å². The van der Waals surface area contributed by atoms with Gasteiger partial charge in [0.25, 0.3) is 5.91 Å². The second kappa shape index (κ2) is 6.50. The molecule has 1 saturated heterocycles. The minimum Gasteiger partial charge on any atom is -0.478 e. The summed E-state index contributed by atoms with van der Waals surface area (Å²) in [6, 6.07) is 3.45. The molecule has 1 fully saturated rings. The van der Waals surface area contributed by atoms with Crippen LogP contribution in [0.3, 0.4) is 0 Å². The fourth-order valence-corrected chi connectivity index (χ4v) is 2.36. The molecule has 5 heteroatoms. The molecule has 2 heterocycles. The maximum atomic E-state index is 12.3. The number of carbonyl (C=O) groups is 2. The van der Waals surface area contributed by atoms with Gasteiger partial charge in [0, 0.05) is 18.8 Å². The van der Waals surface area contributed by atoms with Crippen LogP contribution in [0.15, 0.2) is 12.1 Å². The summed E-state index contributed by atoms with van der Waals surface area (Å²) in [4.78, 5) is 29.2. The fourth-order valence-electron chi connectivity index (χ4n) is 2.36. The van der Waals surface area contributed by atoms with Gasteiger partial charge in [0.1, 0.15) is 11.4 Å². The van der Waals surface area contributed by atoms with E-state index >= 15 is 0 Å². The Bertz CT molecular complexity index is 496. The van der Waals surface area contributed by atoms with Gasteiger partial charge in [-0.2, -0.15) is 0 Å². The van der Waals surface area contributed by atoms with Gasteiger partial charge in [-0.3, -0.25) is 9.59 Å². The predicted molar refractivity (Wildman–Crippen MR) is 74.9 cm³/mol. The molecule has 20 heavy (non-hydrogen) atoms. The van der Waals surface area contributed by atoms with E-state index in [1.165, 1.54) is 6.42 Å². The van der Waals surface area contributed by atoms with Crippen molar-refractivity contribution in [3.05, 3.63) is 23.5 Å². The Kier molecular flexibility index (Phi) is 4.71. The number of rotatable bonds is 4. The van der Waals surface area contributed by atoms with Crippen molar-refractivity contribution in [3.8, 4) is 5.75 Å². The summed E-state index contributed by atoms with van der Waals surface area (Å²) in [5.74, 6) is 0.339. The van der Waals surface area contributed by atoms with Crippen LogP contribution in [0, 0.1) is 6.92 Å². The number of piperidine rings is 1. The quantitative estimate of drug-likeness (QED) is 0.789. The zero-order valence-corrected chi connectivity index (χ0v) is 12.0. The minimum atomic E-state index is -0.601. The lowest BCUT2D eigenvalue weighted by atomic mass is 10.1. The molecule has 1 unspecified atom stereocenters. The highest BCUT2D eigenvalue weighted by atomic mass is 16.5. The third-order valence-electron chi connectivity index (χ3n) is 3.46. The molecule has 0 aromatic carbocycles. The topological polar surface area (TPSA) is 59.5 Å². The lowest BCUT2D eigenvalue weighted by Crippen LogP contribution is -2.43.